The Kier molecular flexibility index (Phi) is 18.3. The van der Waals surface area contributed by atoms with Gasteiger partial charge >= 0.3 is 78.8 Å². The molecule has 0 saturated heterocycles. The van der Waals surface area contributed by atoms with Crippen LogP contribution in [0.3, 0.4) is 0 Å². The number of unbranched alkanes of at least 4 members (excludes halogenated alkanes) is 3. The van der Waals surface area contributed by atoms with E-state index in [1.807, 2.05) is 0 Å². The third kappa shape index (κ3) is 21.5. The molecular formula is C16H29NaO7S. The van der Waals surface area contributed by atoms with E-state index >= 15 is 0 Å². The van der Waals surface area contributed by atoms with E-state index in [-0.39, 0.29) is 12.4 Å². The molecule has 0 amide bonds. The van der Waals surface area contributed by atoms with Gasteiger partial charge < -0.3 is 9.84 Å². The van der Waals surface area contributed by atoms with Gasteiger partial charge in [0.25, 0.3) is 0 Å². The van der Waals surface area contributed by atoms with Crippen molar-refractivity contribution >= 4 is 50.0 Å². The number of aliphatic carboxylic acids is 1. The van der Waals surface area contributed by atoms with Gasteiger partial charge in [-0.1, -0.05) is 38.7 Å². The van der Waals surface area contributed by atoms with Gasteiger partial charge in [-0.25, -0.2) is 4.79 Å². The summed E-state index contributed by atoms with van der Waals surface area (Å²) in [5.41, 5.74) is 0. The van der Waals surface area contributed by atoms with E-state index in [0.29, 0.717) is 12.8 Å². The fourth-order valence-electron chi connectivity index (χ4n) is 1.79. The van der Waals surface area contributed by atoms with Gasteiger partial charge in [-0.05, 0) is 13.3 Å². The second-order valence-electron chi connectivity index (χ2n) is 5.65. The molecule has 0 saturated carbocycles. The number of ether oxygens (including phenoxy) is 1. The minimum atomic E-state index is -3.66. The molecule has 2 N–H and O–H groups in total. The van der Waals surface area contributed by atoms with Crippen molar-refractivity contribution in [3.63, 3.8) is 0 Å². The standard InChI is InChI=1S/C13H22O4.C3H7O3S.Na/c1-3-5-6-7-9-11(13(15)16)10-17-12(14)8-4-2;1-2-3-7(4,5)6;/h4,8,11H,3,5-7,9-10H2,1-2H3,(H,15,16);1-3H2,(H,4,5,6);. The van der Waals surface area contributed by atoms with Crippen molar-refractivity contribution in [2.45, 2.75) is 56.0 Å². The van der Waals surface area contributed by atoms with Gasteiger partial charge in [0.2, 0.25) is 0 Å². The van der Waals surface area contributed by atoms with E-state index in [4.69, 9.17) is 14.4 Å². The number of allylic oxidation sites excluding steroid dienone is 1. The summed E-state index contributed by atoms with van der Waals surface area (Å²) in [7, 11) is -3.66. The van der Waals surface area contributed by atoms with Gasteiger partial charge in [-0.15, -0.1) is 0 Å². The number of carboxylic acids is 1. The normalized spacial score (nSPS) is 12.4. The number of carbonyl (C=O) groups excluding carboxylic acids is 1. The molecule has 0 radical (unpaired) electrons. The Balaban J connectivity index is 0. The number of carbonyl (C=O) groups is 2. The zero-order valence-electron chi connectivity index (χ0n) is 15.4. The zero-order chi connectivity index (χ0) is 19.7. The van der Waals surface area contributed by atoms with Crippen molar-refractivity contribution < 1.29 is 32.4 Å². The Hall–Kier alpha value is -0.410. The Bertz CT molecular complexity index is 489. The zero-order valence-corrected chi connectivity index (χ0v) is 18.3. The molecule has 9 heteroatoms. The third-order valence-electron chi connectivity index (χ3n) is 3.24. The Morgan fingerprint density at radius 2 is 1.84 bits per heavy atom. The fourth-order valence-corrected chi connectivity index (χ4v) is 3.31. The van der Waals surface area contributed by atoms with Crippen LogP contribution in [0.1, 0.15) is 52.4 Å². The monoisotopic (exact) mass is 388 g/mol. The van der Waals surface area contributed by atoms with Crippen molar-refractivity contribution in [2.24, 2.45) is 5.92 Å². The molecule has 0 rings (SSSR count). The molecule has 7 nitrogen and oxygen atoms in total. The predicted molar refractivity (Wildman–Crippen MR) is 97.3 cm³/mol. The second kappa shape index (κ2) is 17.0. The number of hydrogen-bond donors (Lipinski definition) is 2. The van der Waals surface area contributed by atoms with E-state index in [2.05, 4.69) is 6.92 Å². The summed E-state index contributed by atoms with van der Waals surface area (Å²) in [4.78, 5) is 22.0. The molecule has 25 heavy (non-hydrogen) atoms. The molecule has 0 fully saturated rings. The molecule has 0 aliphatic carbocycles. The van der Waals surface area contributed by atoms with E-state index in [0.717, 1.165) is 57.3 Å². The topological polar surface area (TPSA) is 118 Å². The van der Waals surface area contributed by atoms with Crippen LogP contribution in [0, 0.1) is 5.92 Å². The van der Waals surface area contributed by atoms with Crippen LogP contribution < -0.4 is 0 Å². The van der Waals surface area contributed by atoms with Crippen LogP contribution in [-0.2, 0) is 24.4 Å². The second-order valence-corrected chi connectivity index (χ2v) is 8.23. The van der Waals surface area contributed by atoms with Crippen molar-refractivity contribution in [1.29, 1.82) is 0 Å². The van der Waals surface area contributed by atoms with Crippen LogP contribution in [-0.4, -0.2) is 70.3 Å². The van der Waals surface area contributed by atoms with Crippen molar-refractivity contribution in [2.75, 3.05) is 12.4 Å². The maximum absolute atomic E-state index is 11.0. The van der Waals surface area contributed by atoms with Gasteiger partial charge in [0.1, 0.15) is 6.61 Å². The van der Waals surface area contributed by atoms with E-state index < -0.39 is 28.0 Å². The van der Waals surface area contributed by atoms with Gasteiger partial charge in [0.15, 0.2) is 0 Å². The average Bonchev–Trinajstić information content (AvgIpc) is 2.52. The maximum atomic E-state index is 11.0. The Morgan fingerprint density at radius 3 is 2.24 bits per heavy atom. The Morgan fingerprint density at radius 1 is 1.20 bits per heavy atom. The number of carboxylic acid groups (broad SMARTS) is 1. The molecule has 0 aromatic rings. The fraction of sp³-hybridized carbons (Fsp3) is 0.750. The summed E-state index contributed by atoms with van der Waals surface area (Å²) in [5, 5.41) is 8.96. The van der Waals surface area contributed by atoms with E-state index in [1.54, 1.807) is 13.0 Å². The molecule has 0 spiro atoms. The summed E-state index contributed by atoms with van der Waals surface area (Å²) < 4.78 is 33.8. The molecule has 0 aliphatic rings. The SMILES string of the molecule is CC=CC(=O)OCC(CCCCCC)C(=O)O.O=S(=O)(O)CC[CH2][Na]. The van der Waals surface area contributed by atoms with Crippen LogP contribution >= 0.6 is 0 Å². The van der Waals surface area contributed by atoms with Crippen molar-refractivity contribution in [3.8, 4) is 0 Å². The first-order valence-electron chi connectivity index (χ1n) is 8.65. The molecule has 0 aliphatic heterocycles. The average molecular weight is 388 g/mol. The molecule has 1 atom stereocenters. The molecule has 0 aromatic heterocycles. The van der Waals surface area contributed by atoms with Crippen LogP contribution in [0.15, 0.2) is 12.2 Å². The van der Waals surface area contributed by atoms with Crippen LogP contribution in [0.2, 0.25) is 3.67 Å². The summed E-state index contributed by atoms with van der Waals surface area (Å²) in [6.45, 7) is 3.78. The molecule has 0 bridgehead atoms. The first kappa shape index (κ1) is 26.8. The summed E-state index contributed by atoms with van der Waals surface area (Å²) >= 11 is 1.01. The minimum absolute atomic E-state index is 0.0371. The molecular weight excluding hydrogens is 359 g/mol. The number of rotatable bonds is 12. The number of esters is 1. The molecule has 1 unspecified atom stereocenters. The van der Waals surface area contributed by atoms with Crippen molar-refractivity contribution in [1.82, 2.24) is 0 Å². The van der Waals surface area contributed by atoms with Gasteiger partial charge in [0, 0.05) is 6.08 Å². The van der Waals surface area contributed by atoms with Gasteiger partial charge in [-0.3, -0.25) is 4.79 Å². The van der Waals surface area contributed by atoms with Gasteiger partial charge in [0.05, 0.1) is 5.92 Å². The van der Waals surface area contributed by atoms with Crippen molar-refractivity contribution in [3.05, 3.63) is 12.2 Å². The summed E-state index contributed by atoms with van der Waals surface area (Å²) in [5.74, 6) is -2.03. The van der Waals surface area contributed by atoms with Crippen LogP contribution in [0.4, 0.5) is 0 Å². The van der Waals surface area contributed by atoms with Gasteiger partial charge in [-0.2, -0.15) is 0 Å². The predicted octanol–water partition coefficient (Wildman–Crippen LogP) is 2.63. The number of hydrogen-bond acceptors (Lipinski definition) is 5. The molecule has 0 aromatic carbocycles. The van der Waals surface area contributed by atoms with E-state index in [9.17, 15) is 18.0 Å². The first-order chi connectivity index (χ1) is 11.7. The summed E-state index contributed by atoms with van der Waals surface area (Å²) in [6, 6.07) is 0. The third-order valence-corrected chi connectivity index (χ3v) is 4.75. The first-order valence-corrected chi connectivity index (χ1v) is 11.7. The quantitative estimate of drug-likeness (QED) is 0.173. The molecule has 142 valence electrons. The van der Waals surface area contributed by atoms with E-state index in [1.165, 1.54) is 6.08 Å². The van der Waals surface area contributed by atoms with Crippen LogP contribution in [0.25, 0.3) is 0 Å². The summed E-state index contributed by atoms with van der Waals surface area (Å²) in [6.07, 6.45) is 8.16. The Labute approximate surface area is 168 Å². The molecule has 0 heterocycles. The van der Waals surface area contributed by atoms with Crippen LogP contribution in [0.5, 0.6) is 0 Å².